The molecule has 6 heteroatoms. The van der Waals surface area contributed by atoms with E-state index in [9.17, 15) is 14.0 Å². The van der Waals surface area contributed by atoms with Crippen molar-refractivity contribution in [3.8, 4) is 5.75 Å². The van der Waals surface area contributed by atoms with Crippen LogP contribution in [0.15, 0.2) is 18.2 Å². The minimum absolute atomic E-state index is 0.0426. The van der Waals surface area contributed by atoms with Crippen LogP contribution in [0, 0.1) is 5.82 Å². The molecular weight excluding hydrogens is 265 g/mol. The van der Waals surface area contributed by atoms with Crippen LogP contribution in [0.1, 0.15) is 34.1 Å². The van der Waals surface area contributed by atoms with Gasteiger partial charge in [-0.25, -0.2) is 9.18 Å². The van der Waals surface area contributed by atoms with Crippen LogP contribution in [0.5, 0.6) is 5.75 Å². The van der Waals surface area contributed by atoms with Crippen molar-refractivity contribution in [3.05, 3.63) is 24.0 Å². The summed E-state index contributed by atoms with van der Waals surface area (Å²) in [7, 11) is 0. The molecule has 0 heterocycles. The van der Waals surface area contributed by atoms with Gasteiger partial charge in [-0.15, -0.1) is 0 Å². The average Bonchev–Trinajstić information content (AvgIpc) is 2.30. The van der Waals surface area contributed by atoms with Crippen LogP contribution in [-0.4, -0.2) is 17.7 Å². The Kier molecular flexibility index (Phi) is 5.07. The van der Waals surface area contributed by atoms with Gasteiger partial charge in [-0.05, 0) is 32.9 Å². The molecule has 0 radical (unpaired) electrons. The van der Waals surface area contributed by atoms with Gasteiger partial charge in [0.05, 0.1) is 5.69 Å². The van der Waals surface area contributed by atoms with E-state index in [-0.39, 0.29) is 17.9 Å². The second-order valence-corrected chi connectivity index (χ2v) is 5.07. The third-order valence-electron chi connectivity index (χ3n) is 2.11. The number of benzene rings is 1. The van der Waals surface area contributed by atoms with Gasteiger partial charge in [-0.2, -0.15) is 0 Å². The fourth-order valence-corrected chi connectivity index (χ4v) is 1.31. The number of hydrogen-bond acceptors (Lipinski definition) is 4. The van der Waals surface area contributed by atoms with Crippen molar-refractivity contribution in [2.45, 2.75) is 39.7 Å². The van der Waals surface area contributed by atoms with Crippen LogP contribution >= 0.6 is 0 Å². The molecule has 1 N–H and O–H groups in total. The summed E-state index contributed by atoms with van der Waals surface area (Å²) in [6.45, 7) is 6.70. The second-order valence-electron chi connectivity index (χ2n) is 5.07. The van der Waals surface area contributed by atoms with Crippen molar-refractivity contribution < 1.29 is 23.5 Å². The molecule has 1 aromatic carbocycles. The number of nitrogens with one attached hydrogen (secondary N) is 1. The first kappa shape index (κ1) is 15.9. The van der Waals surface area contributed by atoms with Gasteiger partial charge in [0.2, 0.25) is 0 Å². The molecule has 0 bridgehead atoms. The standard InChI is InChI=1S/C14H18FNO4/c1-5-11(17)19-12-9(15)7-6-8-10(12)16-13(18)20-14(2,3)4/h6-8H,5H2,1-4H3,(H,16,18). The lowest BCUT2D eigenvalue weighted by Crippen LogP contribution is -2.27. The molecule has 0 aliphatic rings. The van der Waals surface area contributed by atoms with Crippen molar-refractivity contribution in [3.63, 3.8) is 0 Å². The lowest BCUT2D eigenvalue weighted by molar-refractivity contribution is -0.134. The Hall–Kier alpha value is -2.11. The molecular formula is C14H18FNO4. The number of hydrogen-bond donors (Lipinski definition) is 1. The van der Waals surface area contributed by atoms with E-state index in [4.69, 9.17) is 9.47 Å². The van der Waals surface area contributed by atoms with Crippen LogP contribution in [-0.2, 0) is 9.53 Å². The number of anilines is 1. The maximum absolute atomic E-state index is 13.7. The second kappa shape index (κ2) is 6.36. The van der Waals surface area contributed by atoms with Gasteiger partial charge in [0.1, 0.15) is 5.60 Å². The van der Waals surface area contributed by atoms with E-state index in [1.54, 1.807) is 27.7 Å². The zero-order valence-electron chi connectivity index (χ0n) is 12.0. The third-order valence-corrected chi connectivity index (χ3v) is 2.11. The molecule has 0 saturated carbocycles. The topological polar surface area (TPSA) is 64.6 Å². The quantitative estimate of drug-likeness (QED) is 0.681. The summed E-state index contributed by atoms with van der Waals surface area (Å²) in [6.07, 6.45) is -0.655. The van der Waals surface area contributed by atoms with E-state index in [1.807, 2.05) is 0 Å². The van der Waals surface area contributed by atoms with Crippen LogP contribution in [0.4, 0.5) is 14.9 Å². The number of ether oxygens (including phenoxy) is 2. The first-order valence-electron chi connectivity index (χ1n) is 6.22. The average molecular weight is 283 g/mol. The molecule has 0 aliphatic heterocycles. The van der Waals surface area contributed by atoms with Gasteiger partial charge in [0.15, 0.2) is 11.6 Å². The van der Waals surface area contributed by atoms with E-state index in [0.29, 0.717) is 0 Å². The third kappa shape index (κ3) is 4.87. The van der Waals surface area contributed by atoms with Gasteiger partial charge in [-0.3, -0.25) is 10.1 Å². The Bertz CT molecular complexity index is 508. The Morgan fingerprint density at radius 3 is 2.50 bits per heavy atom. The number of carbonyl (C=O) groups excluding carboxylic acids is 2. The molecule has 1 amide bonds. The minimum atomic E-state index is -0.753. The van der Waals surface area contributed by atoms with E-state index in [1.165, 1.54) is 12.1 Å². The molecule has 20 heavy (non-hydrogen) atoms. The molecule has 0 saturated heterocycles. The number of halogens is 1. The van der Waals surface area contributed by atoms with E-state index in [0.717, 1.165) is 6.07 Å². The number of carbonyl (C=O) groups is 2. The molecule has 0 aromatic heterocycles. The number of rotatable bonds is 3. The fourth-order valence-electron chi connectivity index (χ4n) is 1.31. The predicted molar refractivity (Wildman–Crippen MR) is 72.2 cm³/mol. The first-order chi connectivity index (χ1) is 9.23. The molecule has 0 atom stereocenters. The summed E-state index contributed by atoms with van der Waals surface area (Å²) in [6, 6.07) is 3.95. The van der Waals surface area contributed by atoms with Gasteiger partial charge in [0, 0.05) is 6.42 Å². The predicted octanol–water partition coefficient (Wildman–Crippen LogP) is 3.49. The number of para-hydroxylation sites is 1. The summed E-state index contributed by atoms with van der Waals surface area (Å²) < 4.78 is 23.6. The van der Waals surface area contributed by atoms with Crippen LogP contribution in [0.3, 0.4) is 0 Å². The zero-order valence-corrected chi connectivity index (χ0v) is 12.0. The highest BCUT2D eigenvalue weighted by molar-refractivity contribution is 5.88. The molecule has 5 nitrogen and oxygen atoms in total. The van der Waals surface area contributed by atoms with Gasteiger partial charge < -0.3 is 9.47 Å². The molecule has 0 fully saturated rings. The van der Waals surface area contributed by atoms with Gasteiger partial charge >= 0.3 is 12.1 Å². The highest BCUT2D eigenvalue weighted by Gasteiger charge is 2.19. The molecule has 0 unspecified atom stereocenters. The lowest BCUT2D eigenvalue weighted by atomic mass is 10.2. The lowest BCUT2D eigenvalue weighted by Gasteiger charge is -2.20. The van der Waals surface area contributed by atoms with Gasteiger partial charge in [-0.1, -0.05) is 13.0 Å². The number of amides is 1. The minimum Gasteiger partial charge on any atom is -0.444 e. The van der Waals surface area contributed by atoms with E-state index >= 15 is 0 Å². The van der Waals surface area contributed by atoms with Crippen LogP contribution < -0.4 is 10.1 Å². The fraction of sp³-hybridized carbons (Fsp3) is 0.429. The van der Waals surface area contributed by atoms with Crippen LogP contribution in [0.25, 0.3) is 0 Å². The van der Waals surface area contributed by atoms with Crippen LogP contribution in [0.2, 0.25) is 0 Å². The van der Waals surface area contributed by atoms with E-state index in [2.05, 4.69) is 5.32 Å². The highest BCUT2D eigenvalue weighted by Crippen LogP contribution is 2.28. The normalized spacial score (nSPS) is 10.8. The summed E-state index contributed by atoms with van der Waals surface area (Å²) >= 11 is 0. The van der Waals surface area contributed by atoms with Gasteiger partial charge in [0.25, 0.3) is 0 Å². The Labute approximate surface area is 117 Å². The summed E-state index contributed by atoms with van der Waals surface area (Å²) in [4.78, 5) is 22.9. The van der Waals surface area contributed by atoms with Crippen molar-refractivity contribution in [1.82, 2.24) is 0 Å². The maximum Gasteiger partial charge on any atom is 0.412 e. The van der Waals surface area contributed by atoms with E-state index < -0.39 is 23.5 Å². The number of esters is 1. The maximum atomic E-state index is 13.7. The smallest absolute Gasteiger partial charge is 0.412 e. The Morgan fingerprint density at radius 1 is 1.30 bits per heavy atom. The molecule has 0 aliphatic carbocycles. The Morgan fingerprint density at radius 2 is 1.95 bits per heavy atom. The van der Waals surface area contributed by atoms with Crippen molar-refractivity contribution >= 4 is 17.7 Å². The molecule has 1 rings (SSSR count). The summed E-state index contributed by atoms with van der Waals surface area (Å²) in [5, 5.41) is 2.36. The Balaban J connectivity index is 2.92. The van der Waals surface area contributed by atoms with Crippen molar-refractivity contribution in [2.24, 2.45) is 0 Å². The molecule has 110 valence electrons. The SMILES string of the molecule is CCC(=O)Oc1c(F)cccc1NC(=O)OC(C)(C)C. The van der Waals surface area contributed by atoms with Crippen molar-refractivity contribution in [2.75, 3.05) is 5.32 Å². The molecule has 0 spiro atoms. The first-order valence-corrected chi connectivity index (χ1v) is 6.22. The summed E-state index contributed by atoms with van der Waals surface area (Å²) in [5.41, 5.74) is -0.640. The monoisotopic (exact) mass is 283 g/mol. The highest BCUT2D eigenvalue weighted by atomic mass is 19.1. The summed E-state index contributed by atoms with van der Waals surface area (Å²) in [5.74, 6) is -1.65. The molecule has 1 aromatic rings. The van der Waals surface area contributed by atoms with Crippen molar-refractivity contribution in [1.29, 1.82) is 0 Å². The zero-order chi connectivity index (χ0) is 15.3. The largest absolute Gasteiger partial charge is 0.444 e.